The van der Waals surface area contributed by atoms with Gasteiger partial charge >= 0.3 is 6.18 Å². The van der Waals surface area contributed by atoms with Gasteiger partial charge in [-0.3, -0.25) is 4.79 Å². The van der Waals surface area contributed by atoms with E-state index in [0.717, 1.165) is 12.1 Å². The minimum Gasteiger partial charge on any atom is -0.343 e. The predicted molar refractivity (Wildman–Crippen MR) is 69.4 cm³/mol. The van der Waals surface area contributed by atoms with E-state index in [1.165, 1.54) is 17.5 Å². The molecule has 1 heterocycles. The Morgan fingerprint density at radius 3 is 2.67 bits per heavy atom. The molecule has 0 aliphatic rings. The largest absolute Gasteiger partial charge is 0.419 e. The molecule has 0 aliphatic carbocycles. The molecule has 21 heavy (non-hydrogen) atoms. The smallest absolute Gasteiger partial charge is 0.343 e. The molecule has 3 nitrogen and oxygen atoms in total. The number of carbonyl (C=O) groups excluding carboxylic acids is 1. The minimum absolute atomic E-state index is 0.522. The summed E-state index contributed by atoms with van der Waals surface area (Å²) in [6.07, 6.45) is -3.31. The van der Waals surface area contributed by atoms with Crippen LogP contribution in [0.2, 0.25) is 0 Å². The molecule has 112 valence electrons. The maximum atomic E-state index is 13.8. The number of rotatable bonds is 3. The molecule has 1 amide bonds. The van der Waals surface area contributed by atoms with Crippen molar-refractivity contribution in [2.75, 3.05) is 0 Å². The van der Waals surface area contributed by atoms with Gasteiger partial charge in [0.25, 0.3) is 5.91 Å². The van der Waals surface area contributed by atoms with Crippen molar-refractivity contribution in [3.05, 3.63) is 51.7 Å². The second-order valence-corrected chi connectivity index (χ2v) is 5.16. The third kappa shape index (κ3) is 3.38. The molecule has 0 saturated heterocycles. The number of alkyl halides is 3. The van der Waals surface area contributed by atoms with Crippen LogP contribution in [0.15, 0.2) is 29.8 Å². The van der Waals surface area contributed by atoms with Gasteiger partial charge in [-0.05, 0) is 19.1 Å². The van der Waals surface area contributed by atoms with Gasteiger partial charge in [-0.15, -0.1) is 11.3 Å². The summed E-state index contributed by atoms with van der Waals surface area (Å²) in [4.78, 5) is 15.9. The van der Waals surface area contributed by atoms with E-state index in [0.29, 0.717) is 11.1 Å². The molecule has 1 unspecified atom stereocenters. The van der Waals surface area contributed by atoms with E-state index in [1.54, 1.807) is 12.3 Å². The number of thiazole rings is 1. The molecule has 0 fully saturated rings. The van der Waals surface area contributed by atoms with Crippen molar-refractivity contribution >= 4 is 17.2 Å². The Morgan fingerprint density at radius 1 is 1.38 bits per heavy atom. The fourth-order valence-corrected chi connectivity index (χ4v) is 2.36. The number of nitrogens with one attached hydrogen (secondary N) is 1. The van der Waals surface area contributed by atoms with E-state index in [1.807, 2.05) is 0 Å². The SMILES string of the molecule is CC(NC(=O)c1cccc(C(F)(F)F)c1F)c1nccs1. The van der Waals surface area contributed by atoms with Crippen LogP contribution in [0.4, 0.5) is 17.6 Å². The van der Waals surface area contributed by atoms with Gasteiger partial charge in [-0.25, -0.2) is 9.37 Å². The van der Waals surface area contributed by atoms with Gasteiger partial charge in [0.05, 0.1) is 17.2 Å². The first-order chi connectivity index (χ1) is 9.80. The van der Waals surface area contributed by atoms with E-state index >= 15 is 0 Å². The van der Waals surface area contributed by atoms with Gasteiger partial charge in [0.2, 0.25) is 0 Å². The summed E-state index contributed by atoms with van der Waals surface area (Å²) >= 11 is 1.28. The van der Waals surface area contributed by atoms with Crippen LogP contribution in [0.1, 0.15) is 33.9 Å². The Morgan fingerprint density at radius 2 is 2.10 bits per heavy atom. The first-order valence-electron chi connectivity index (χ1n) is 5.86. The quantitative estimate of drug-likeness (QED) is 0.875. The zero-order chi connectivity index (χ0) is 15.6. The third-order valence-electron chi connectivity index (χ3n) is 2.72. The van der Waals surface area contributed by atoms with Crippen LogP contribution in [0.25, 0.3) is 0 Å². The molecule has 1 aromatic carbocycles. The van der Waals surface area contributed by atoms with Crippen molar-refractivity contribution in [2.45, 2.75) is 19.1 Å². The van der Waals surface area contributed by atoms with E-state index in [9.17, 15) is 22.4 Å². The van der Waals surface area contributed by atoms with Crippen molar-refractivity contribution in [2.24, 2.45) is 0 Å². The highest BCUT2D eigenvalue weighted by Gasteiger charge is 2.35. The van der Waals surface area contributed by atoms with Crippen LogP contribution < -0.4 is 5.32 Å². The monoisotopic (exact) mass is 318 g/mol. The van der Waals surface area contributed by atoms with Crippen LogP contribution >= 0.6 is 11.3 Å². The maximum absolute atomic E-state index is 13.8. The number of amides is 1. The van der Waals surface area contributed by atoms with E-state index in [4.69, 9.17) is 0 Å². The molecule has 1 N–H and O–H groups in total. The molecule has 0 bridgehead atoms. The second-order valence-electron chi connectivity index (χ2n) is 4.23. The van der Waals surface area contributed by atoms with Crippen LogP contribution in [0.3, 0.4) is 0 Å². The van der Waals surface area contributed by atoms with Crippen LogP contribution in [0, 0.1) is 5.82 Å². The Balaban J connectivity index is 2.24. The normalized spacial score (nSPS) is 13.0. The summed E-state index contributed by atoms with van der Waals surface area (Å²) in [5.74, 6) is -2.49. The lowest BCUT2D eigenvalue weighted by atomic mass is 10.1. The Bertz CT molecular complexity index is 640. The van der Waals surface area contributed by atoms with Crippen molar-refractivity contribution in [1.82, 2.24) is 10.3 Å². The number of carbonyl (C=O) groups is 1. The van der Waals surface area contributed by atoms with E-state index < -0.39 is 35.1 Å². The topological polar surface area (TPSA) is 42.0 Å². The highest BCUT2D eigenvalue weighted by molar-refractivity contribution is 7.09. The van der Waals surface area contributed by atoms with Crippen LogP contribution in [-0.2, 0) is 6.18 Å². The van der Waals surface area contributed by atoms with Crippen molar-refractivity contribution in [3.63, 3.8) is 0 Å². The Kier molecular flexibility index (Phi) is 4.26. The Hall–Kier alpha value is -1.96. The van der Waals surface area contributed by atoms with Crippen molar-refractivity contribution in [3.8, 4) is 0 Å². The number of hydrogen-bond donors (Lipinski definition) is 1. The fraction of sp³-hybridized carbons (Fsp3) is 0.231. The lowest BCUT2D eigenvalue weighted by Crippen LogP contribution is -2.28. The number of halogens is 4. The predicted octanol–water partition coefficient (Wildman–Crippen LogP) is 3.79. The molecule has 0 saturated carbocycles. The van der Waals surface area contributed by atoms with Gasteiger partial charge < -0.3 is 5.32 Å². The maximum Gasteiger partial charge on any atom is 0.419 e. The molecule has 1 atom stereocenters. The molecule has 0 radical (unpaired) electrons. The first kappa shape index (κ1) is 15.4. The molecule has 8 heteroatoms. The highest BCUT2D eigenvalue weighted by Crippen LogP contribution is 2.32. The summed E-state index contributed by atoms with van der Waals surface area (Å²) in [5.41, 5.74) is -2.11. The molecular weight excluding hydrogens is 308 g/mol. The van der Waals surface area contributed by atoms with Gasteiger partial charge in [-0.1, -0.05) is 6.07 Å². The summed E-state index contributed by atoms with van der Waals surface area (Å²) in [6.45, 7) is 1.61. The van der Waals surface area contributed by atoms with Crippen LogP contribution in [0.5, 0.6) is 0 Å². The average Bonchev–Trinajstić information content (AvgIpc) is 2.91. The molecule has 0 aliphatic heterocycles. The molecule has 0 spiro atoms. The first-order valence-corrected chi connectivity index (χ1v) is 6.74. The van der Waals surface area contributed by atoms with Crippen LogP contribution in [-0.4, -0.2) is 10.9 Å². The standard InChI is InChI=1S/C13H10F4N2OS/c1-7(12-18-5-6-21-12)19-11(20)8-3-2-4-9(10(8)14)13(15,16)17/h2-7H,1H3,(H,19,20). The molecule has 2 rings (SSSR count). The third-order valence-corrected chi connectivity index (χ3v) is 3.68. The van der Waals surface area contributed by atoms with Gasteiger partial charge in [0.1, 0.15) is 10.8 Å². The summed E-state index contributed by atoms with van der Waals surface area (Å²) < 4.78 is 51.6. The number of nitrogens with zero attached hydrogens (tertiary/aromatic N) is 1. The van der Waals surface area contributed by atoms with Crippen molar-refractivity contribution in [1.29, 1.82) is 0 Å². The van der Waals surface area contributed by atoms with E-state index in [-0.39, 0.29) is 0 Å². The lowest BCUT2D eigenvalue weighted by molar-refractivity contribution is -0.140. The second kappa shape index (κ2) is 5.80. The summed E-state index contributed by atoms with van der Waals surface area (Å²) in [6, 6.07) is 2.08. The molecular formula is C13H10F4N2OS. The molecule has 2 aromatic rings. The number of hydrogen-bond acceptors (Lipinski definition) is 3. The Labute approximate surface area is 121 Å². The minimum atomic E-state index is -4.85. The van der Waals surface area contributed by atoms with Gasteiger partial charge in [0, 0.05) is 11.6 Å². The average molecular weight is 318 g/mol. The summed E-state index contributed by atoms with van der Waals surface area (Å²) in [7, 11) is 0. The van der Waals surface area contributed by atoms with Gasteiger partial charge in [0.15, 0.2) is 0 Å². The molecule has 1 aromatic heterocycles. The number of benzene rings is 1. The highest BCUT2D eigenvalue weighted by atomic mass is 32.1. The van der Waals surface area contributed by atoms with Crippen molar-refractivity contribution < 1.29 is 22.4 Å². The zero-order valence-electron chi connectivity index (χ0n) is 10.7. The summed E-state index contributed by atoms with van der Waals surface area (Å²) in [5, 5.41) is 4.70. The fourth-order valence-electron chi connectivity index (χ4n) is 1.71. The lowest BCUT2D eigenvalue weighted by Gasteiger charge is -2.14. The zero-order valence-corrected chi connectivity index (χ0v) is 11.6. The van der Waals surface area contributed by atoms with E-state index in [2.05, 4.69) is 10.3 Å². The number of aromatic nitrogens is 1. The van der Waals surface area contributed by atoms with Gasteiger partial charge in [-0.2, -0.15) is 13.2 Å².